The molecule has 2 fully saturated rings. The second-order valence-electron chi connectivity index (χ2n) is 7.76. The van der Waals surface area contributed by atoms with E-state index >= 15 is 0 Å². The predicted molar refractivity (Wildman–Crippen MR) is 111 cm³/mol. The standard InChI is InChI=1S/C23H22F2N2O6/c1-31-22(30)19-11-23(32-8-9-33-23)13-27(19)20(28)12-26-21(29)15-4-2-14(3-5-15)17-7-6-16(24)10-18(17)25/h2-7,10,19H,8-9,11-13H2,1H3,(H,26,29)/t19-/m0/s1. The normalized spacial score (nSPS) is 19.0. The molecule has 0 aliphatic carbocycles. The lowest BCUT2D eigenvalue weighted by Crippen LogP contribution is -2.46. The van der Waals surface area contributed by atoms with Gasteiger partial charge in [0.2, 0.25) is 5.91 Å². The molecule has 2 heterocycles. The Labute approximate surface area is 188 Å². The van der Waals surface area contributed by atoms with Crippen molar-refractivity contribution in [3.63, 3.8) is 0 Å². The topological polar surface area (TPSA) is 94.2 Å². The predicted octanol–water partition coefficient (Wildman–Crippen LogP) is 1.88. The number of ether oxygens (including phenoxy) is 3. The van der Waals surface area contributed by atoms with Gasteiger partial charge in [0.05, 0.1) is 33.4 Å². The summed E-state index contributed by atoms with van der Waals surface area (Å²) in [6.45, 7) is 0.436. The van der Waals surface area contributed by atoms with Crippen LogP contribution in [0.25, 0.3) is 11.1 Å². The number of carbonyl (C=O) groups is 3. The first kappa shape index (κ1) is 22.8. The maximum atomic E-state index is 14.0. The molecule has 2 aromatic carbocycles. The van der Waals surface area contributed by atoms with Gasteiger partial charge >= 0.3 is 5.97 Å². The zero-order chi connectivity index (χ0) is 23.6. The fraction of sp³-hybridized carbons (Fsp3) is 0.348. The maximum Gasteiger partial charge on any atom is 0.328 e. The molecule has 2 amide bonds. The average molecular weight is 460 g/mol. The molecule has 174 valence electrons. The number of benzene rings is 2. The molecule has 2 aliphatic heterocycles. The first-order chi connectivity index (χ1) is 15.8. The molecule has 0 radical (unpaired) electrons. The Morgan fingerprint density at radius 3 is 2.45 bits per heavy atom. The fourth-order valence-corrected chi connectivity index (χ4v) is 4.04. The molecule has 2 aliphatic rings. The van der Waals surface area contributed by atoms with Crippen molar-refractivity contribution in [2.24, 2.45) is 0 Å². The minimum atomic E-state index is -1.04. The van der Waals surface area contributed by atoms with E-state index in [1.165, 1.54) is 42.3 Å². The Hall–Kier alpha value is -3.37. The minimum Gasteiger partial charge on any atom is -0.467 e. The number of hydrogen-bond donors (Lipinski definition) is 1. The summed E-state index contributed by atoms with van der Waals surface area (Å²) in [5.41, 5.74) is 0.922. The molecule has 0 bridgehead atoms. The van der Waals surface area contributed by atoms with Crippen LogP contribution < -0.4 is 5.32 Å². The van der Waals surface area contributed by atoms with Crippen molar-refractivity contribution < 1.29 is 37.4 Å². The third-order valence-electron chi connectivity index (χ3n) is 5.69. The van der Waals surface area contributed by atoms with Gasteiger partial charge in [-0.2, -0.15) is 0 Å². The Kier molecular flexibility index (Phi) is 6.39. The van der Waals surface area contributed by atoms with Gasteiger partial charge in [-0.15, -0.1) is 0 Å². The van der Waals surface area contributed by atoms with Crippen LogP contribution in [0.15, 0.2) is 42.5 Å². The van der Waals surface area contributed by atoms with Gasteiger partial charge in [0.15, 0.2) is 5.79 Å². The SMILES string of the molecule is COC(=O)[C@@H]1CC2(CN1C(=O)CNC(=O)c1ccc(-c3ccc(F)cc3F)cc1)OCCO2. The summed E-state index contributed by atoms with van der Waals surface area (Å²) >= 11 is 0. The Bertz CT molecular complexity index is 1070. The number of rotatable bonds is 5. The molecule has 0 unspecified atom stereocenters. The zero-order valence-electron chi connectivity index (χ0n) is 17.8. The van der Waals surface area contributed by atoms with Gasteiger partial charge in [-0.05, 0) is 29.8 Å². The van der Waals surface area contributed by atoms with E-state index in [4.69, 9.17) is 14.2 Å². The molecular formula is C23H22F2N2O6. The number of methoxy groups -OCH3 is 1. The lowest BCUT2D eigenvalue weighted by molar-refractivity contribution is -0.152. The van der Waals surface area contributed by atoms with Crippen molar-refractivity contribution in [3.05, 3.63) is 59.7 Å². The number of nitrogens with one attached hydrogen (secondary N) is 1. The largest absolute Gasteiger partial charge is 0.467 e. The van der Waals surface area contributed by atoms with Gasteiger partial charge in [0, 0.05) is 23.6 Å². The van der Waals surface area contributed by atoms with E-state index in [0.717, 1.165) is 12.1 Å². The van der Waals surface area contributed by atoms with Crippen LogP contribution in [0.5, 0.6) is 0 Å². The maximum absolute atomic E-state index is 14.0. The van der Waals surface area contributed by atoms with Crippen LogP contribution in [-0.4, -0.2) is 67.9 Å². The molecule has 10 heteroatoms. The molecule has 33 heavy (non-hydrogen) atoms. The summed E-state index contributed by atoms with van der Waals surface area (Å²) in [5, 5.41) is 2.52. The molecule has 1 atom stereocenters. The Morgan fingerprint density at radius 1 is 1.12 bits per heavy atom. The van der Waals surface area contributed by atoms with E-state index in [-0.39, 0.29) is 30.6 Å². The minimum absolute atomic E-state index is 0.0550. The highest BCUT2D eigenvalue weighted by atomic mass is 19.1. The number of likely N-dealkylation sites (tertiary alicyclic amines) is 1. The Balaban J connectivity index is 1.39. The first-order valence-electron chi connectivity index (χ1n) is 10.3. The van der Waals surface area contributed by atoms with Crippen molar-refractivity contribution >= 4 is 17.8 Å². The highest BCUT2D eigenvalue weighted by Gasteiger charge is 2.52. The molecule has 8 nitrogen and oxygen atoms in total. The summed E-state index contributed by atoms with van der Waals surface area (Å²) in [6, 6.07) is 8.38. The van der Waals surface area contributed by atoms with Crippen LogP contribution in [0, 0.1) is 11.6 Å². The van der Waals surface area contributed by atoms with Crippen molar-refractivity contribution in [2.45, 2.75) is 18.2 Å². The van der Waals surface area contributed by atoms with Crippen LogP contribution >= 0.6 is 0 Å². The van der Waals surface area contributed by atoms with Gasteiger partial charge in [-0.1, -0.05) is 12.1 Å². The summed E-state index contributed by atoms with van der Waals surface area (Å²) in [5.74, 6) is -4.03. The van der Waals surface area contributed by atoms with Crippen molar-refractivity contribution in [1.29, 1.82) is 0 Å². The smallest absolute Gasteiger partial charge is 0.328 e. The van der Waals surface area contributed by atoms with E-state index in [0.29, 0.717) is 18.8 Å². The van der Waals surface area contributed by atoms with Gasteiger partial charge in [0.1, 0.15) is 17.7 Å². The van der Waals surface area contributed by atoms with E-state index < -0.39 is 41.2 Å². The summed E-state index contributed by atoms with van der Waals surface area (Å²) in [7, 11) is 1.23. The molecule has 2 saturated heterocycles. The molecule has 1 N–H and O–H groups in total. The number of carbonyl (C=O) groups excluding carboxylic acids is 3. The third-order valence-corrected chi connectivity index (χ3v) is 5.69. The van der Waals surface area contributed by atoms with Crippen molar-refractivity contribution in [2.75, 3.05) is 33.4 Å². The fourth-order valence-electron chi connectivity index (χ4n) is 4.04. The third kappa shape index (κ3) is 4.71. The van der Waals surface area contributed by atoms with E-state index in [2.05, 4.69) is 5.32 Å². The van der Waals surface area contributed by atoms with E-state index in [1.54, 1.807) is 0 Å². The average Bonchev–Trinajstić information content (AvgIpc) is 3.44. The summed E-state index contributed by atoms with van der Waals surface area (Å²) in [4.78, 5) is 38.7. The van der Waals surface area contributed by atoms with Crippen molar-refractivity contribution in [1.82, 2.24) is 10.2 Å². The lowest BCUT2D eigenvalue weighted by Gasteiger charge is -2.23. The highest BCUT2D eigenvalue weighted by Crippen LogP contribution is 2.35. The molecule has 0 saturated carbocycles. The second-order valence-corrected chi connectivity index (χ2v) is 7.76. The summed E-state index contributed by atoms with van der Waals surface area (Å²) < 4.78 is 43.1. The summed E-state index contributed by atoms with van der Waals surface area (Å²) in [6.07, 6.45) is 0.154. The molecule has 4 rings (SSSR count). The van der Waals surface area contributed by atoms with Crippen LogP contribution in [-0.2, 0) is 23.8 Å². The molecular weight excluding hydrogens is 438 g/mol. The number of halogens is 2. The van der Waals surface area contributed by atoms with Crippen molar-refractivity contribution in [3.8, 4) is 11.1 Å². The number of hydrogen-bond acceptors (Lipinski definition) is 6. The quantitative estimate of drug-likeness (QED) is 0.685. The van der Waals surface area contributed by atoms with Gasteiger partial charge in [0.25, 0.3) is 5.91 Å². The monoisotopic (exact) mass is 460 g/mol. The molecule has 0 aromatic heterocycles. The van der Waals surface area contributed by atoms with Crippen LogP contribution in [0.2, 0.25) is 0 Å². The van der Waals surface area contributed by atoms with Gasteiger partial charge in [-0.25, -0.2) is 13.6 Å². The second kappa shape index (κ2) is 9.24. The highest BCUT2D eigenvalue weighted by molar-refractivity contribution is 5.97. The lowest BCUT2D eigenvalue weighted by atomic mass is 10.0. The van der Waals surface area contributed by atoms with Crippen LogP contribution in [0.3, 0.4) is 0 Å². The van der Waals surface area contributed by atoms with Crippen LogP contribution in [0.4, 0.5) is 8.78 Å². The van der Waals surface area contributed by atoms with E-state index in [1.807, 2.05) is 0 Å². The molecule has 1 spiro atoms. The zero-order valence-corrected chi connectivity index (χ0v) is 17.8. The molecule has 2 aromatic rings. The van der Waals surface area contributed by atoms with Gasteiger partial charge < -0.3 is 24.4 Å². The number of esters is 1. The number of amides is 2. The van der Waals surface area contributed by atoms with Gasteiger partial charge in [-0.3, -0.25) is 9.59 Å². The Morgan fingerprint density at radius 2 is 1.82 bits per heavy atom. The van der Waals surface area contributed by atoms with E-state index in [9.17, 15) is 23.2 Å². The number of nitrogens with zero attached hydrogens (tertiary/aromatic N) is 1. The first-order valence-corrected chi connectivity index (χ1v) is 10.3. The van der Waals surface area contributed by atoms with Crippen LogP contribution in [0.1, 0.15) is 16.8 Å².